The number of hydrogen-bond donors (Lipinski definition) is 2. The van der Waals surface area contributed by atoms with Gasteiger partial charge < -0.3 is 15.2 Å². The third-order valence-corrected chi connectivity index (χ3v) is 3.86. The van der Waals surface area contributed by atoms with E-state index >= 15 is 0 Å². The fourth-order valence-corrected chi connectivity index (χ4v) is 2.85. The van der Waals surface area contributed by atoms with Gasteiger partial charge in [0.1, 0.15) is 5.75 Å². The molecular weight excluding hydrogens is 268 g/mol. The largest absolute Gasteiger partial charge is 0.497 e. The minimum atomic E-state index is -0.338. The van der Waals surface area contributed by atoms with Gasteiger partial charge in [-0.05, 0) is 31.0 Å². The van der Waals surface area contributed by atoms with Gasteiger partial charge in [-0.25, -0.2) is 0 Å². The molecule has 116 valence electrons. The van der Waals surface area contributed by atoms with E-state index in [0.717, 1.165) is 11.3 Å². The maximum Gasteiger partial charge on any atom is 0.221 e. The van der Waals surface area contributed by atoms with Crippen molar-refractivity contribution in [2.75, 3.05) is 26.7 Å². The SMILES string of the molecule is CCNC(=O)CCN1C[C@H](O)C[C@H]1c1cccc(OC)c1. The molecule has 2 atom stereocenters. The number of nitrogens with one attached hydrogen (secondary N) is 1. The molecule has 1 aliphatic rings. The molecule has 0 unspecified atom stereocenters. The summed E-state index contributed by atoms with van der Waals surface area (Å²) in [6.45, 7) is 3.84. The fourth-order valence-electron chi connectivity index (χ4n) is 2.85. The van der Waals surface area contributed by atoms with Crippen LogP contribution in [0.3, 0.4) is 0 Å². The average Bonchev–Trinajstić information content (AvgIpc) is 2.86. The molecule has 1 fully saturated rings. The van der Waals surface area contributed by atoms with E-state index in [-0.39, 0.29) is 18.1 Å². The van der Waals surface area contributed by atoms with Gasteiger partial charge in [0.15, 0.2) is 0 Å². The summed E-state index contributed by atoms with van der Waals surface area (Å²) in [5.41, 5.74) is 1.13. The average molecular weight is 292 g/mol. The number of hydrogen-bond acceptors (Lipinski definition) is 4. The number of carbonyl (C=O) groups excluding carboxylic acids is 1. The molecule has 1 aromatic rings. The molecule has 0 saturated carbocycles. The number of likely N-dealkylation sites (tertiary alicyclic amines) is 1. The Labute approximate surface area is 125 Å². The summed E-state index contributed by atoms with van der Waals surface area (Å²) < 4.78 is 5.26. The van der Waals surface area contributed by atoms with E-state index < -0.39 is 0 Å². The van der Waals surface area contributed by atoms with Crippen molar-refractivity contribution in [1.29, 1.82) is 0 Å². The number of nitrogens with zero attached hydrogens (tertiary/aromatic N) is 1. The Morgan fingerprint density at radius 1 is 1.52 bits per heavy atom. The Morgan fingerprint density at radius 2 is 2.33 bits per heavy atom. The lowest BCUT2D eigenvalue weighted by molar-refractivity contribution is -0.121. The van der Waals surface area contributed by atoms with Crippen LogP contribution < -0.4 is 10.1 Å². The quantitative estimate of drug-likeness (QED) is 0.830. The van der Waals surface area contributed by atoms with Gasteiger partial charge in [0.2, 0.25) is 5.91 Å². The van der Waals surface area contributed by atoms with Gasteiger partial charge in [0.05, 0.1) is 13.2 Å². The highest BCUT2D eigenvalue weighted by atomic mass is 16.5. The first kappa shape index (κ1) is 15.8. The molecule has 21 heavy (non-hydrogen) atoms. The number of ether oxygens (including phenoxy) is 1. The molecule has 0 bridgehead atoms. The van der Waals surface area contributed by atoms with Crippen LogP contribution in [0.2, 0.25) is 0 Å². The van der Waals surface area contributed by atoms with E-state index in [2.05, 4.69) is 10.2 Å². The maximum absolute atomic E-state index is 11.6. The number of aliphatic hydroxyl groups is 1. The number of amides is 1. The maximum atomic E-state index is 11.6. The first-order valence-corrected chi connectivity index (χ1v) is 7.46. The van der Waals surface area contributed by atoms with Crippen LogP contribution in [0, 0.1) is 0 Å². The standard InChI is InChI=1S/C16H24N2O3/c1-3-17-16(20)7-8-18-11-13(19)10-15(18)12-5-4-6-14(9-12)21-2/h4-6,9,13,15,19H,3,7-8,10-11H2,1-2H3,(H,17,20)/t13-,15+/m1/s1. The van der Waals surface area contributed by atoms with Gasteiger partial charge in [0, 0.05) is 32.1 Å². The minimum absolute atomic E-state index is 0.0586. The Kier molecular flexibility index (Phi) is 5.59. The third-order valence-electron chi connectivity index (χ3n) is 3.86. The molecule has 1 amide bonds. The number of benzene rings is 1. The molecule has 1 heterocycles. The van der Waals surface area contributed by atoms with Crippen LogP contribution in [0.25, 0.3) is 0 Å². The summed E-state index contributed by atoms with van der Waals surface area (Å²) in [6.07, 6.45) is 0.819. The van der Waals surface area contributed by atoms with Crippen molar-refractivity contribution in [1.82, 2.24) is 10.2 Å². The Bertz CT molecular complexity index is 478. The van der Waals surface area contributed by atoms with Crippen molar-refractivity contribution in [2.45, 2.75) is 31.9 Å². The normalized spacial score (nSPS) is 22.2. The molecule has 2 rings (SSSR count). The first-order chi connectivity index (χ1) is 10.1. The van der Waals surface area contributed by atoms with Crippen molar-refractivity contribution < 1.29 is 14.6 Å². The summed E-state index contributed by atoms with van der Waals surface area (Å²) in [7, 11) is 1.65. The molecule has 0 spiro atoms. The molecule has 0 aromatic heterocycles. The summed E-state index contributed by atoms with van der Waals surface area (Å²) in [4.78, 5) is 13.8. The molecule has 5 nitrogen and oxygen atoms in total. The van der Waals surface area contributed by atoms with Crippen molar-refractivity contribution in [2.24, 2.45) is 0 Å². The highest BCUT2D eigenvalue weighted by Crippen LogP contribution is 2.33. The topological polar surface area (TPSA) is 61.8 Å². The fraction of sp³-hybridized carbons (Fsp3) is 0.562. The van der Waals surface area contributed by atoms with E-state index in [4.69, 9.17) is 4.74 Å². The zero-order chi connectivity index (χ0) is 15.2. The summed E-state index contributed by atoms with van der Waals surface area (Å²) in [6, 6.07) is 8.06. The Morgan fingerprint density at radius 3 is 3.05 bits per heavy atom. The van der Waals surface area contributed by atoms with Crippen LogP contribution in [-0.4, -0.2) is 48.8 Å². The van der Waals surface area contributed by atoms with Gasteiger partial charge in [-0.2, -0.15) is 0 Å². The highest BCUT2D eigenvalue weighted by molar-refractivity contribution is 5.75. The Hall–Kier alpha value is -1.59. The lowest BCUT2D eigenvalue weighted by Gasteiger charge is -2.24. The smallest absolute Gasteiger partial charge is 0.221 e. The molecular formula is C16H24N2O3. The van der Waals surface area contributed by atoms with Crippen LogP contribution in [0.5, 0.6) is 5.75 Å². The van der Waals surface area contributed by atoms with Crippen LogP contribution in [0.15, 0.2) is 24.3 Å². The summed E-state index contributed by atoms with van der Waals surface area (Å²) >= 11 is 0. The number of β-amino-alcohol motifs (C(OH)–C–C–N with tert-alkyl or cyclic N) is 1. The van der Waals surface area contributed by atoms with Crippen molar-refractivity contribution in [3.8, 4) is 5.75 Å². The van der Waals surface area contributed by atoms with Crippen molar-refractivity contribution in [3.63, 3.8) is 0 Å². The molecule has 1 aliphatic heterocycles. The van der Waals surface area contributed by atoms with E-state index in [0.29, 0.717) is 32.5 Å². The van der Waals surface area contributed by atoms with Gasteiger partial charge >= 0.3 is 0 Å². The lowest BCUT2D eigenvalue weighted by Crippen LogP contribution is -2.31. The van der Waals surface area contributed by atoms with E-state index in [9.17, 15) is 9.90 Å². The Balaban J connectivity index is 2.03. The first-order valence-electron chi connectivity index (χ1n) is 7.46. The van der Waals surface area contributed by atoms with Gasteiger partial charge in [-0.3, -0.25) is 9.69 Å². The minimum Gasteiger partial charge on any atom is -0.497 e. The number of methoxy groups -OCH3 is 1. The number of carbonyl (C=O) groups is 1. The monoisotopic (exact) mass is 292 g/mol. The van der Waals surface area contributed by atoms with Gasteiger partial charge in [-0.1, -0.05) is 12.1 Å². The van der Waals surface area contributed by atoms with Crippen LogP contribution in [0.4, 0.5) is 0 Å². The lowest BCUT2D eigenvalue weighted by atomic mass is 10.0. The van der Waals surface area contributed by atoms with Crippen LogP contribution >= 0.6 is 0 Å². The molecule has 5 heteroatoms. The summed E-state index contributed by atoms with van der Waals surface area (Å²) in [5, 5.41) is 12.8. The van der Waals surface area contributed by atoms with Gasteiger partial charge in [0.25, 0.3) is 0 Å². The second-order valence-electron chi connectivity index (χ2n) is 5.38. The molecule has 0 aliphatic carbocycles. The van der Waals surface area contributed by atoms with E-state index in [1.54, 1.807) is 7.11 Å². The zero-order valence-electron chi connectivity index (χ0n) is 12.7. The van der Waals surface area contributed by atoms with Crippen LogP contribution in [-0.2, 0) is 4.79 Å². The summed E-state index contributed by atoms with van der Waals surface area (Å²) in [5.74, 6) is 0.876. The van der Waals surface area contributed by atoms with E-state index in [1.165, 1.54) is 0 Å². The van der Waals surface area contributed by atoms with Crippen molar-refractivity contribution in [3.05, 3.63) is 29.8 Å². The molecule has 1 saturated heterocycles. The molecule has 0 radical (unpaired) electrons. The number of aliphatic hydroxyl groups excluding tert-OH is 1. The third kappa shape index (κ3) is 4.19. The van der Waals surface area contributed by atoms with Crippen molar-refractivity contribution >= 4 is 5.91 Å². The number of rotatable bonds is 6. The second-order valence-corrected chi connectivity index (χ2v) is 5.38. The van der Waals surface area contributed by atoms with Gasteiger partial charge in [-0.15, -0.1) is 0 Å². The predicted molar refractivity (Wildman–Crippen MR) is 81.2 cm³/mol. The van der Waals surface area contributed by atoms with E-state index in [1.807, 2.05) is 31.2 Å². The molecule has 1 aromatic carbocycles. The highest BCUT2D eigenvalue weighted by Gasteiger charge is 2.32. The van der Waals surface area contributed by atoms with Crippen LogP contribution in [0.1, 0.15) is 31.4 Å². The zero-order valence-corrected chi connectivity index (χ0v) is 12.7. The second kappa shape index (κ2) is 7.43. The molecule has 2 N–H and O–H groups in total. The predicted octanol–water partition coefficient (Wildman–Crippen LogP) is 1.33.